The second-order valence-corrected chi connectivity index (χ2v) is 5.79. The normalized spacial score (nSPS) is 30.1. The van der Waals surface area contributed by atoms with Gasteiger partial charge >= 0.3 is 0 Å². The molecule has 2 atom stereocenters. The molecule has 1 aromatic rings. The van der Waals surface area contributed by atoms with Gasteiger partial charge in [0.25, 0.3) is 0 Å². The molecule has 0 saturated carbocycles. The monoisotopic (exact) mass is 261 g/mol. The van der Waals surface area contributed by atoms with Crippen molar-refractivity contribution < 1.29 is 9.47 Å². The summed E-state index contributed by atoms with van der Waals surface area (Å²) in [4.78, 5) is 0. The van der Waals surface area contributed by atoms with Gasteiger partial charge in [0.2, 0.25) is 0 Å². The Bertz CT molecular complexity index is 460. The van der Waals surface area contributed by atoms with Gasteiger partial charge in [0, 0.05) is 17.9 Å². The fourth-order valence-corrected chi connectivity index (χ4v) is 3.36. The summed E-state index contributed by atoms with van der Waals surface area (Å²) in [5.74, 6) is 1.81. The van der Waals surface area contributed by atoms with E-state index in [0.717, 1.165) is 44.1 Å². The SMILES string of the molecule is CCC1NCCC1(C)c1ccc2c(c1)OCCCO2. The number of nitrogens with one attached hydrogen (secondary N) is 1. The lowest BCUT2D eigenvalue weighted by Crippen LogP contribution is -2.37. The Labute approximate surface area is 115 Å². The zero-order valence-electron chi connectivity index (χ0n) is 11.9. The molecule has 3 heteroatoms. The minimum atomic E-state index is 0.208. The molecule has 19 heavy (non-hydrogen) atoms. The molecule has 0 bridgehead atoms. The first-order valence-electron chi connectivity index (χ1n) is 7.37. The van der Waals surface area contributed by atoms with E-state index in [-0.39, 0.29) is 5.41 Å². The Hall–Kier alpha value is -1.22. The highest BCUT2D eigenvalue weighted by atomic mass is 16.5. The van der Waals surface area contributed by atoms with Crippen LogP contribution in [0.5, 0.6) is 11.5 Å². The van der Waals surface area contributed by atoms with Crippen molar-refractivity contribution in [2.75, 3.05) is 19.8 Å². The molecule has 2 heterocycles. The summed E-state index contributed by atoms with van der Waals surface area (Å²) in [6.45, 7) is 7.22. The molecule has 1 N–H and O–H groups in total. The Morgan fingerprint density at radius 3 is 2.84 bits per heavy atom. The molecule has 1 fully saturated rings. The van der Waals surface area contributed by atoms with E-state index in [1.807, 2.05) is 0 Å². The van der Waals surface area contributed by atoms with Crippen molar-refractivity contribution in [1.82, 2.24) is 5.32 Å². The van der Waals surface area contributed by atoms with Crippen molar-refractivity contribution in [3.05, 3.63) is 23.8 Å². The first kappa shape index (κ1) is 12.8. The fourth-order valence-electron chi connectivity index (χ4n) is 3.36. The summed E-state index contributed by atoms with van der Waals surface area (Å²) < 4.78 is 11.5. The van der Waals surface area contributed by atoms with Crippen LogP contribution in [0.3, 0.4) is 0 Å². The van der Waals surface area contributed by atoms with Crippen molar-refractivity contribution in [2.45, 2.75) is 44.6 Å². The third-order valence-electron chi connectivity index (χ3n) is 4.62. The van der Waals surface area contributed by atoms with Gasteiger partial charge < -0.3 is 14.8 Å². The maximum absolute atomic E-state index is 5.82. The van der Waals surface area contributed by atoms with Crippen molar-refractivity contribution in [3.8, 4) is 11.5 Å². The lowest BCUT2D eigenvalue weighted by molar-refractivity contribution is 0.296. The number of rotatable bonds is 2. The lowest BCUT2D eigenvalue weighted by Gasteiger charge is -2.31. The van der Waals surface area contributed by atoms with Crippen LogP contribution in [0.15, 0.2) is 18.2 Å². The van der Waals surface area contributed by atoms with Crippen LogP contribution in [0.4, 0.5) is 0 Å². The van der Waals surface area contributed by atoms with E-state index >= 15 is 0 Å². The van der Waals surface area contributed by atoms with Crippen LogP contribution in [-0.4, -0.2) is 25.8 Å². The molecule has 0 amide bonds. The highest BCUT2D eigenvalue weighted by Crippen LogP contribution is 2.40. The number of hydrogen-bond acceptors (Lipinski definition) is 3. The van der Waals surface area contributed by atoms with E-state index in [1.165, 1.54) is 12.0 Å². The van der Waals surface area contributed by atoms with Gasteiger partial charge in [-0.15, -0.1) is 0 Å². The molecule has 0 aliphatic carbocycles. The average Bonchev–Trinajstić information content (AvgIpc) is 2.67. The standard InChI is InChI=1S/C16H23NO2/c1-3-15-16(2,7-8-17-15)12-5-6-13-14(11-12)19-10-4-9-18-13/h5-6,11,15,17H,3-4,7-10H2,1-2H3. The molecule has 1 aromatic carbocycles. The lowest BCUT2D eigenvalue weighted by atomic mass is 9.75. The van der Waals surface area contributed by atoms with E-state index in [0.29, 0.717) is 6.04 Å². The molecule has 2 aliphatic heterocycles. The van der Waals surface area contributed by atoms with Crippen molar-refractivity contribution in [2.24, 2.45) is 0 Å². The number of benzene rings is 1. The number of hydrogen-bond donors (Lipinski definition) is 1. The van der Waals surface area contributed by atoms with E-state index in [4.69, 9.17) is 9.47 Å². The van der Waals surface area contributed by atoms with E-state index < -0.39 is 0 Å². The fraction of sp³-hybridized carbons (Fsp3) is 0.625. The Balaban J connectivity index is 1.95. The maximum atomic E-state index is 5.82. The smallest absolute Gasteiger partial charge is 0.161 e. The molecule has 0 aromatic heterocycles. The highest BCUT2D eigenvalue weighted by molar-refractivity contribution is 5.46. The summed E-state index contributed by atoms with van der Waals surface area (Å²) in [5.41, 5.74) is 1.58. The predicted molar refractivity (Wildman–Crippen MR) is 76.1 cm³/mol. The topological polar surface area (TPSA) is 30.5 Å². The summed E-state index contributed by atoms with van der Waals surface area (Å²) in [6, 6.07) is 7.03. The Morgan fingerprint density at radius 1 is 1.26 bits per heavy atom. The second-order valence-electron chi connectivity index (χ2n) is 5.79. The van der Waals surface area contributed by atoms with Crippen LogP contribution in [-0.2, 0) is 5.41 Å². The molecular weight excluding hydrogens is 238 g/mol. The van der Waals surface area contributed by atoms with Gasteiger partial charge in [0.15, 0.2) is 11.5 Å². The van der Waals surface area contributed by atoms with Gasteiger partial charge in [-0.25, -0.2) is 0 Å². The van der Waals surface area contributed by atoms with Crippen LogP contribution >= 0.6 is 0 Å². The first-order chi connectivity index (χ1) is 9.24. The average molecular weight is 261 g/mol. The quantitative estimate of drug-likeness (QED) is 0.888. The zero-order chi connectivity index (χ0) is 13.3. The zero-order valence-corrected chi connectivity index (χ0v) is 11.9. The molecule has 3 rings (SSSR count). The molecule has 0 spiro atoms. The van der Waals surface area contributed by atoms with E-state index in [1.54, 1.807) is 0 Å². The third-order valence-corrected chi connectivity index (χ3v) is 4.62. The predicted octanol–water partition coefficient (Wildman–Crippen LogP) is 2.88. The van der Waals surface area contributed by atoms with Gasteiger partial charge in [-0.2, -0.15) is 0 Å². The van der Waals surface area contributed by atoms with E-state index in [2.05, 4.69) is 37.4 Å². The minimum Gasteiger partial charge on any atom is -0.490 e. The number of ether oxygens (including phenoxy) is 2. The molecule has 2 unspecified atom stereocenters. The summed E-state index contributed by atoms with van der Waals surface area (Å²) in [5, 5.41) is 3.62. The number of fused-ring (bicyclic) bond motifs is 1. The molecule has 2 aliphatic rings. The molecule has 0 radical (unpaired) electrons. The van der Waals surface area contributed by atoms with Crippen LogP contribution in [0.1, 0.15) is 38.7 Å². The first-order valence-corrected chi connectivity index (χ1v) is 7.37. The van der Waals surface area contributed by atoms with Gasteiger partial charge in [-0.1, -0.05) is 19.9 Å². The van der Waals surface area contributed by atoms with Crippen molar-refractivity contribution in [1.29, 1.82) is 0 Å². The van der Waals surface area contributed by atoms with Crippen molar-refractivity contribution in [3.63, 3.8) is 0 Å². The minimum absolute atomic E-state index is 0.208. The van der Waals surface area contributed by atoms with Crippen molar-refractivity contribution >= 4 is 0 Å². The van der Waals surface area contributed by atoms with Gasteiger partial charge in [-0.3, -0.25) is 0 Å². The summed E-state index contributed by atoms with van der Waals surface area (Å²) >= 11 is 0. The molecule has 3 nitrogen and oxygen atoms in total. The Morgan fingerprint density at radius 2 is 2.05 bits per heavy atom. The third kappa shape index (κ3) is 2.20. The largest absolute Gasteiger partial charge is 0.490 e. The van der Waals surface area contributed by atoms with Crippen LogP contribution < -0.4 is 14.8 Å². The summed E-state index contributed by atoms with van der Waals surface area (Å²) in [6.07, 6.45) is 3.30. The van der Waals surface area contributed by atoms with Crippen LogP contribution in [0.2, 0.25) is 0 Å². The second kappa shape index (κ2) is 5.04. The molecular formula is C16H23NO2. The maximum Gasteiger partial charge on any atom is 0.161 e. The van der Waals surface area contributed by atoms with Gasteiger partial charge in [0.05, 0.1) is 13.2 Å². The van der Waals surface area contributed by atoms with Gasteiger partial charge in [-0.05, 0) is 37.1 Å². The molecule has 104 valence electrons. The summed E-state index contributed by atoms with van der Waals surface area (Å²) in [7, 11) is 0. The van der Waals surface area contributed by atoms with Crippen LogP contribution in [0, 0.1) is 0 Å². The Kier molecular flexibility index (Phi) is 3.40. The highest BCUT2D eigenvalue weighted by Gasteiger charge is 2.39. The van der Waals surface area contributed by atoms with Gasteiger partial charge in [0.1, 0.15) is 0 Å². The van der Waals surface area contributed by atoms with E-state index in [9.17, 15) is 0 Å². The van der Waals surface area contributed by atoms with Crippen LogP contribution in [0.25, 0.3) is 0 Å². The molecule has 1 saturated heterocycles.